The Kier molecular flexibility index (Phi) is 3.25. The summed E-state index contributed by atoms with van der Waals surface area (Å²) >= 11 is 1.79. The van der Waals surface area contributed by atoms with Gasteiger partial charge in [0.2, 0.25) is 0 Å². The standard InChI is InChI=1S/C20H17N3OS/c1-22-16-8-4-2-6-14(16)18-19(24)13(11-25-20(18)22)10-23-12-21-15-7-3-5-9-17(15)23/h2-9,12-13H,10-11H2,1H3. The summed E-state index contributed by atoms with van der Waals surface area (Å²) in [5.41, 5.74) is 4.08. The highest BCUT2D eigenvalue weighted by Gasteiger charge is 2.32. The lowest BCUT2D eigenvalue weighted by molar-refractivity contribution is 0.0917. The zero-order chi connectivity index (χ0) is 17.0. The highest BCUT2D eigenvalue weighted by atomic mass is 32.2. The maximum atomic E-state index is 13.2. The fourth-order valence-corrected chi connectivity index (χ4v) is 5.03. The first-order valence-corrected chi connectivity index (χ1v) is 9.37. The molecule has 1 unspecified atom stereocenters. The molecule has 0 bridgehead atoms. The van der Waals surface area contributed by atoms with Crippen LogP contribution in [0, 0.1) is 5.92 Å². The number of hydrogen-bond donors (Lipinski definition) is 0. The second-order valence-electron chi connectivity index (χ2n) is 6.51. The molecule has 0 amide bonds. The molecule has 0 spiro atoms. The second-order valence-corrected chi connectivity index (χ2v) is 7.52. The quantitative estimate of drug-likeness (QED) is 0.547. The molecule has 2 aromatic heterocycles. The molecule has 2 aromatic carbocycles. The van der Waals surface area contributed by atoms with Crippen LogP contribution < -0.4 is 0 Å². The van der Waals surface area contributed by atoms with Crippen LogP contribution in [0.15, 0.2) is 59.9 Å². The Hall–Kier alpha value is -2.53. The largest absolute Gasteiger partial charge is 0.338 e. The van der Waals surface area contributed by atoms with Crippen LogP contribution in [0.2, 0.25) is 0 Å². The van der Waals surface area contributed by atoms with Crippen molar-refractivity contribution in [2.75, 3.05) is 5.75 Å². The third-order valence-electron chi connectivity index (χ3n) is 5.04. The predicted molar refractivity (Wildman–Crippen MR) is 101 cm³/mol. The number of nitrogens with zero attached hydrogens (tertiary/aromatic N) is 3. The molecule has 0 saturated heterocycles. The second kappa shape index (κ2) is 5.49. The fourth-order valence-electron chi connectivity index (χ4n) is 3.77. The lowest BCUT2D eigenvalue weighted by Crippen LogP contribution is -2.26. The highest BCUT2D eigenvalue weighted by molar-refractivity contribution is 7.99. The van der Waals surface area contributed by atoms with E-state index < -0.39 is 0 Å². The number of aryl methyl sites for hydroxylation is 1. The fraction of sp³-hybridized carbons (Fsp3) is 0.200. The molecule has 124 valence electrons. The van der Waals surface area contributed by atoms with Gasteiger partial charge in [0.25, 0.3) is 0 Å². The number of rotatable bonds is 2. The number of carbonyl (C=O) groups excluding carboxylic acids is 1. The predicted octanol–water partition coefficient (Wildman–Crippen LogP) is 4.13. The van der Waals surface area contributed by atoms with E-state index in [0.29, 0.717) is 6.54 Å². The van der Waals surface area contributed by atoms with Crippen molar-refractivity contribution in [3.8, 4) is 0 Å². The molecule has 0 saturated carbocycles. The Labute approximate surface area is 149 Å². The number of para-hydroxylation sites is 3. The van der Waals surface area contributed by atoms with Gasteiger partial charge in [-0.05, 0) is 18.2 Å². The molecule has 3 heterocycles. The Morgan fingerprint density at radius 2 is 1.88 bits per heavy atom. The number of Topliss-reactive ketones (excluding diaryl/α,β-unsaturated/α-hetero) is 1. The molecule has 25 heavy (non-hydrogen) atoms. The van der Waals surface area contributed by atoms with E-state index >= 15 is 0 Å². The number of aromatic nitrogens is 3. The normalized spacial score (nSPS) is 17.3. The summed E-state index contributed by atoms with van der Waals surface area (Å²) in [5.74, 6) is 1.03. The molecule has 0 fully saturated rings. The van der Waals surface area contributed by atoms with Crippen molar-refractivity contribution in [3.05, 3.63) is 60.4 Å². The summed E-state index contributed by atoms with van der Waals surface area (Å²) in [4.78, 5) is 17.7. The van der Waals surface area contributed by atoms with Gasteiger partial charge >= 0.3 is 0 Å². The molecule has 4 nitrogen and oxygen atoms in total. The molecule has 5 heteroatoms. The maximum absolute atomic E-state index is 13.2. The molecule has 1 atom stereocenters. The number of carbonyl (C=O) groups is 1. The van der Waals surface area contributed by atoms with Crippen LogP contribution in [-0.4, -0.2) is 25.7 Å². The van der Waals surface area contributed by atoms with Crippen molar-refractivity contribution in [3.63, 3.8) is 0 Å². The first-order chi connectivity index (χ1) is 12.2. The molecule has 0 radical (unpaired) electrons. The van der Waals surface area contributed by atoms with E-state index in [4.69, 9.17) is 0 Å². The zero-order valence-corrected chi connectivity index (χ0v) is 14.7. The summed E-state index contributed by atoms with van der Waals surface area (Å²) in [6.07, 6.45) is 1.85. The molecular formula is C20H17N3OS. The number of benzene rings is 2. The van der Waals surface area contributed by atoms with E-state index in [1.807, 2.05) is 43.7 Å². The Morgan fingerprint density at radius 1 is 1.12 bits per heavy atom. The number of hydrogen-bond acceptors (Lipinski definition) is 3. The monoisotopic (exact) mass is 347 g/mol. The van der Waals surface area contributed by atoms with E-state index in [2.05, 4.69) is 32.3 Å². The van der Waals surface area contributed by atoms with Gasteiger partial charge in [-0.15, -0.1) is 11.8 Å². The van der Waals surface area contributed by atoms with Gasteiger partial charge in [0.15, 0.2) is 5.78 Å². The zero-order valence-electron chi connectivity index (χ0n) is 13.8. The van der Waals surface area contributed by atoms with Crippen LogP contribution in [0.1, 0.15) is 10.4 Å². The molecule has 0 N–H and O–H groups in total. The van der Waals surface area contributed by atoms with E-state index in [-0.39, 0.29) is 11.7 Å². The average molecular weight is 347 g/mol. The highest BCUT2D eigenvalue weighted by Crippen LogP contribution is 2.39. The van der Waals surface area contributed by atoms with E-state index in [9.17, 15) is 4.79 Å². The van der Waals surface area contributed by atoms with Crippen molar-refractivity contribution in [2.24, 2.45) is 13.0 Å². The molecule has 0 aliphatic carbocycles. The Morgan fingerprint density at radius 3 is 2.76 bits per heavy atom. The van der Waals surface area contributed by atoms with Crippen LogP contribution in [-0.2, 0) is 13.6 Å². The minimum atomic E-state index is -0.0269. The van der Waals surface area contributed by atoms with Crippen molar-refractivity contribution in [1.82, 2.24) is 14.1 Å². The number of fused-ring (bicyclic) bond motifs is 4. The first-order valence-electron chi connectivity index (χ1n) is 8.38. The maximum Gasteiger partial charge on any atom is 0.171 e. The van der Waals surface area contributed by atoms with Crippen LogP contribution >= 0.6 is 11.8 Å². The lowest BCUT2D eigenvalue weighted by Gasteiger charge is -2.22. The molecule has 1 aliphatic heterocycles. The van der Waals surface area contributed by atoms with Crippen LogP contribution in [0.25, 0.3) is 21.9 Å². The van der Waals surface area contributed by atoms with Crippen molar-refractivity contribution in [1.29, 1.82) is 0 Å². The summed E-state index contributed by atoms with van der Waals surface area (Å²) < 4.78 is 4.25. The van der Waals surface area contributed by atoms with E-state index in [1.54, 1.807) is 11.8 Å². The van der Waals surface area contributed by atoms with Crippen LogP contribution in [0.3, 0.4) is 0 Å². The van der Waals surface area contributed by atoms with Gasteiger partial charge in [-0.2, -0.15) is 0 Å². The molecule has 4 aromatic rings. The minimum Gasteiger partial charge on any atom is -0.338 e. The van der Waals surface area contributed by atoms with Gasteiger partial charge < -0.3 is 9.13 Å². The van der Waals surface area contributed by atoms with Crippen molar-refractivity contribution < 1.29 is 4.79 Å². The van der Waals surface area contributed by atoms with Gasteiger partial charge in [-0.1, -0.05) is 30.3 Å². The summed E-state index contributed by atoms with van der Waals surface area (Å²) in [5, 5.41) is 2.16. The van der Waals surface area contributed by atoms with Gasteiger partial charge in [-0.25, -0.2) is 4.98 Å². The third-order valence-corrected chi connectivity index (χ3v) is 6.36. The van der Waals surface area contributed by atoms with E-state index in [1.165, 1.54) is 0 Å². The van der Waals surface area contributed by atoms with Crippen molar-refractivity contribution >= 4 is 39.5 Å². The number of ketones is 1. The van der Waals surface area contributed by atoms with E-state index in [0.717, 1.165) is 38.3 Å². The summed E-state index contributed by atoms with van der Waals surface area (Å²) in [6, 6.07) is 16.2. The third kappa shape index (κ3) is 2.15. The molecule has 5 rings (SSSR count). The average Bonchev–Trinajstić information content (AvgIpc) is 3.18. The summed E-state index contributed by atoms with van der Waals surface area (Å²) in [6.45, 7) is 0.676. The number of thioether (sulfide) groups is 1. The molecule has 1 aliphatic rings. The molecular weight excluding hydrogens is 330 g/mol. The Balaban J connectivity index is 1.56. The van der Waals surface area contributed by atoms with Crippen LogP contribution in [0.5, 0.6) is 0 Å². The topological polar surface area (TPSA) is 39.8 Å². The SMILES string of the molecule is Cn1c2c(c3ccccc31)C(=O)C(Cn1cnc3ccccc31)CS2. The van der Waals surface area contributed by atoms with Gasteiger partial charge in [0.1, 0.15) is 0 Å². The van der Waals surface area contributed by atoms with Gasteiger partial charge in [0, 0.05) is 36.2 Å². The Bertz CT molecular complexity index is 1120. The van der Waals surface area contributed by atoms with Crippen molar-refractivity contribution in [2.45, 2.75) is 11.6 Å². The minimum absolute atomic E-state index is 0.0269. The van der Waals surface area contributed by atoms with Gasteiger partial charge in [0.05, 0.1) is 28.0 Å². The first kappa shape index (κ1) is 14.8. The number of imidazole rings is 1. The lowest BCUT2D eigenvalue weighted by atomic mass is 9.98. The van der Waals surface area contributed by atoms with Gasteiger partial charge in [-0.3, -0.25) is 4.79 Å². The van der Waals surface area contributed by atoms with Crippen LogP contribution in [0.4, 0.5) is 0 Å². The summed E-state index contributed by atoms with van der Waals surface area (Å²) in [7, 11) is 2.05. The smallest absolute Gasteiger partial charge is 0.171 e.